The molecule has 0 spiro atoms. The van der Waals surface area contributed by atoms with Gasteiger partial charge in [-0.15, -0.1) is 0 Å². The molecule has 0 aliphatic carbocycles. The molecule has 0 aromatic heterocycles. The SMILES string of the molecule is CCOc1cc(C(Br)C#N)ccc1OC(F)F. The fourth-order valence-corrected chi connectivity index (χ4v) is 1.50. The fourth-order valence-electron chi connectivity index (χ4n) is 1.22. The molecule has 1 rings (SSSR count). The first-order valence-corrected chi connectivity index (χ1v) is 5.75. The zero-order chi connectivity index (χ0) is 12.8. The molecule has 0 aliphatic rings. The van der Waals surface area contributed by atoms with Crippen LogP contribution in [0, 0.1) is 11.3 Å². The van der Waals surface area contributed by atoms with Gasteiger partial charge in [0.1, 0.15) is 4.83 Å². The van der Waals surface area contributed by atoms with Gasteiger partial charge in [0, 0.05) is 0 Å². The molecule has 0 radical (unpaired) electrons. The molecule has 3 nitrogen and oxygen atoms in total. The van der Waals surface area contributed by atoms with Crippen molar-refractivity contribution in [1.29, 1.82) is 5.26 Å². The van der Waals surface area contributed by atoms with Crippen LogP contribution in [0.4, 0.5) is 8.78 Å². The maximum absolute atomic E-state index is 12.1. The molecule has 17 heavy (non-hydrogen) atoms. The van der Waals surface area contributed by atoms with Crippen LogP contribution in [0.1, 0.15) is 17.3 Å². The molecule has 1 atom stereocenters. The van der Waals surface area contributed by atoms with E-state index in [0.717, 1.165) is 0 Å². The molecular weight excluding hydrogens is 296 g/mol. The Labute approximate surface area is 106 Å². The van der Waals surface area contributed by atoms with E-state index in [9.17, 15) is 8.78 Å². The minimum atomic E-state index is -2.91. The lowest BCUT2D eigenvalue weighted by molar-refractivity contribution is -0.0514. The van der Waals surface area contributed by atoms with E-state index >= 15 is 0 Å². The van der Waals surface area contributed by atoms with Crippen LogP contribution >= 0.6 is 15.9 Å². The second-order valence-corrected chi connectivity index (χ2v) is 3.93. The van der Waals surface area contributed by atoms with Gasteiger partial charge < -0.3 is 9.47 Å². The number of benzene rings is 1. The summed E-state index contributed by atoms with van der Waals surface area (Å²) in [7, 11) is 0. The fraction of sp³-hybridized carbons (Fsp3) is 0.364. The molecule has 0 amide bonds. The third kappa shape index (κ3) is 3.86. The topological polar surface area (TPSA) is 42.2 Å². The van der Waals surface area contributed by atoms with Crippen molar-refractivity contribution < 1.29 is 18.3 Å². The molecule has 0 bridgehead atoms. The lowest BCUT2D eigenvalue weighted by Gasteiger charge is -2.12. The Morgan fingerprint density at radius 3 is 2.65 bits per heavy atom. The minimum absolute atomic E-state index is 0.0387. The highest BCUT2D eigenvalue weighted by Crippen LogP contribution is 2.33. The Morgan fingerprint density at radius 1 is 1.41 bits per heavy atom. The lowest BCUT2D eigenvalue weighted by Crippen LogP contribution is -2.05. The number of nitriles is 1. The van der Waals surface area contributed by atoms with Gasteiger partial charge in [0.15, 0.2) is 11.5 Å². The average Bonchev–Trinajstić information content (AvgIpc) is 2.30. The number of ether oxygens (including phenoxy) is 2. The Hall–Kier alpha value is -1.35. The van der Waals surface area contributed by atoms with Crippen molar-refractivity contribution in [1.82, 2.24) is 0 Å². The van der Waals surface area contributed by atoms with Gasteiger partial charge in [0.25, 0.3) is 0 Å². The van der Waals surface area contributed by atoms with Crippen LogP contribution in [-0.2, 0) is 0 Å². The van der Waals surface area contributed by atoms with Crippen LogP contribution in [0.25, 0.3) is 0 Å². The van der Waals surface area contributed by atoms with E-state index in [1.807, 2.05) is 6.07 Å². The maximum atomic E-state index is 12.1. The van der Waals surface area contributed by atoms with Gasteiger partial charge in [-0.25, -0.2) is 0 Å². The zero-order valence-electron chi connectivity index (χ0n) is 8.99. The van der Waals surface area contributed by atoms with Crippen molar-refractivity contribution in [3.8, 4) is 17.6 Å². The van der Waals surface area contributed by atoms with Crippen molar-refractivity contribution in [2.45, 2.75) is 18.4 Å². The molecule has 0 N–H and O–H groups in total. The van der Waals surface area contributed by atoms with Gasteiger partial charge in [0.2, 0.25) is 0 Å². The molecule has 6 heteroatoms. The minimum Gasteiger partial charge on any atom is -0.490 e. The van der Waals surface area contributed by atoms with E-state index in [1.165, 1.54) is 18.2 Å². The maximum Gasteiger partial charge on any atom is 0.387 e. The summed E-state index contributed by atoms with van der Waals surface area (Å²) < 4.78 is 33.7. The number of hydrogen-bond acceptors (Lipinski definition) is 3. The molecule has 92 valence electrons. The highest BCUT2D eigenvalue weighted by molar-refractivity contribution is 9.09. The lowest BCUT2D eigenvalue weighted by atomic mass is 10.1. The summed E-state index contributed by atoms with van der Waals surface area (Å²) in [4.78, 5) is -0.512. The smallest absolute Gasteiger partial charge is 0.387 e. The first-order valence-electron chi connectivity index (χ1n) is 4.83. The van der Waals surface area contributed by atoms with Crippen molar-refractivity contribution >= 4 is 15.9 Å². The molecule has 0 heterocycles. The van der Waals surface area contributed by atoms with Gasteiger partial charge >= 0.3 is 6.61 Å². The van der Waals surface area contributed by atoms with Gasteiger partial charge in [-0.3, -0.25) is 0 Å². The summed E-state index contributed by atoms with van der Waals surface area (Å²) >= 11 is 3.14. The first kappa shape index (κ1) is 13.7. The predicted octanol–water partition coefficient (Wildman–Crippen LogP) is 3.65. The van der Waals surface area contributed by atoms with E-state index < -0.39 is 11.4 Å². The van der Waals surface area contributed by atoms with Crippen LogP contribution in [-0.4, -0.2) is 13.2 Å². The van der Waals surface area contributed by atoms with E-state index in [0.29, 0.717) is 12.2 Å². The van der Waals surface area contributed by atoms with E-state index in [1.54, 1.807) is 6.92 Å². The highest BCUT2D eigenvalue weighted by Gasteiger charge is 2.14. The van der Waals surface area contributed by atoms with Gasteiger partial charge in [-0.05, 0) is 24.6 Å². The Morgan fingerprint density at radius 2 is 2.12 bits per heavy atom. The quantitative estimate of drug-likeness (QED) is 0.780. The molecule has 0 aliphatic heterocycles. The Bertz CT molecular complexity index is 420. The van der Waals surface area contributed by atoms with Crippen LogP contribution in [0.2, 0.25) is 0 Å². The molecule has 1 aromatic carbocycles. The van der Waals surface area contributed by atoms with E-state index in [2.05, 4.69) is 20.7 Å². The number of alkyl halides is 3. The van der Waals surface area contributed by atoms with Gasteiger partial charge in [-0.1, -0.05) is 22.0 Å². The summed E-state index contributed by atoms with van der Waals surface area (Å²) in [5.74, 6) is 0.160. The number of hydrogen-bond donors (Lipinski definition) is 0. The van der Waals surface area contributed by atoms with E-state index in [4.69, 9.17) is 10.00 Å². The van der Waals surface area contributed by atoms with Crippen LogP contribution in [0.3, 0.4) is 0 Å². The average molecular weight is 306 g/mol. The highest BCUT2D eigenvalue weighted by atomic mass is 79.9. The second-order valence-electron chi connectivity index (χ2n) is 3.01. The van der Waals surface area contributed by atoms with Crippen LogP contribution < -0.4 is 9.47 Å². The molecule has 0 saturated carbocycles. The summed E-state index contributed by atoms with van der Waals surface area (Å²) in [6, 6.07) is 6.38. The number of nitrogens with zero attached hydrogens (tertiary/aromatic N) is 1. The van der Waals surface area contributed by atoms with Crippen molar-refractivity contribution in [3.63, 3.8) is 0 Å². The second kappa shape index (κ2) is 6.40. The molecule has 1 aromatic rings. The number of rotatable bonds is 5. The summed E-state index contributed by atoms with van der Waals surface area (Å²) in [5, 5.41) is 8.73. The molecule has 0 saturated heterocycles. The summed E-state index contributed by atoms with van der Waals surface area (Å²) in [6.07, 6.45) is 0. The van der Waals surface area contributed by atoms with Crippen molar-refractivity contribution in [2.75, 3.05) is 6.61 Å². The third-order valence-electron chi connectivity index (χ3n) is 1.89. The van der Waals surface area contributed by atoms with E-state index in [-0.39, 0.29) is 11.5 Å². The summed E-state index contributed by atoms with van der Waals surface area (Å²) in [5.41, 5.74) is 0.623. The van der Waals surface area contributed by atoms with Gasteiger partial charge in [-0.2, -0.15) is 14.0 Å². The Balaban J connectivity index is 3.04. The van der Waals surface area contributed by atoms with Crippen LogP contribution in [0.5, 0.6) is 11.5 Å². The monoisotopic (exact) mass is 305 g/mol. The van der Waals surface area contributed by atoms with Crippen molar-refractivity contribution in [2.24, 2.45) is 0 Å². The first-order chi connectivity index (χ1) is 8.08. The molecule has 0 fully saturated rings. The van der Waals surface area contributed by atoms with Crippen LogP contribution in [0.15, 0.2) is 18.2 Å². The normalized spacial score (nSPS) is 12.0. The van der Waals surface area contributed by atoms with Gasteiger partial charge in [0.05, 0.1) is 12.7 Å². The third-order valence-corrected chi connectivity index (χ3v) is 2.62. The Kier molecular flexibility index (Phi) is 5.16. The zero-order valence-corrected chi connectivity index (χ0v) is 10.6. The standard InChI is InChI=1S/C11H10BrF2NO2/c1-2-16-10-5-7(8(12)6-15)3-4-9(10)17-11(13)14/h3-5,8,11H,2H2,1H3. The number of halogens is 3. The largest absolute Gasteiger partial charge is 0.490 e. The molecular formula is C11H10BrF2NO2. The predicted molar refractivity (Wildman–Crippen MR) is 61.5 cm³/mol. The summed E-state index contributed by atoms with van der Waals surface area (Å²) in [6.45, 7) is -0.854. The van der Waals surface area contributed by atoms with Crippen molar-refractivity contribution in [3.05, 3.63) is 23.8 Å². The molecule has 1 unspecified atom stereocenters.